The Morgan fingerprint density at radius 3 is 2.55 bits per heavy atom. The fourth-order valence-corrected chi connectivity index (χ4v) is 3.17. The average molecular weight is 289 g/mol. The summed E-state index contributed by atoms with van der Waals surface area (Å²) < 4.78 is 0. The molecule has 0 radical (unpaired) electrons. The molecule has 1 aliphatic carbocycles. The van der Waals surface area contributed by atoms with Gasteiger partial charge in [-0.1, -0.05) is 30.3 Å². The summed E-state index contributed by atoms with van der Waals surface area (Å²) in [5.74, 6) is 0. The van der Waals surface area contributed by atoms with E-state index in [1.807, 2.05) is 0 Å². The molecule has 1 aliphatic heterocycles. The molecule has 1 saturated carbocycles. The van der Waals surface area contributed by atoms with Crippen LogP contribution in [0.2, 0.25) is 0 Å². The molecule has 0 bridgehead atoms. The van der Waals surface area contributed by atoms with Crippen molar-refractivity contribution in [2.24, 2.45) is 0 Å². The summed E-state index contributed by atoms with van der Waals surface area (Å²) >= 11 is 5.36. The molecule has 1 heterocycles. The number of likely N-dealkylation sites (tertiary alicyclic amines) is 1. The van der Waals surface area contributed by atoms with Crippen molar-refractivity contribution in [2.45, 2.75) is 44.3 Å². The highest BCUT2D eigenvalue weighted by Gasteiger charge is 2.28. The molecule has 1 saturated heterocycles. The predicted molar refractivity (Wildman–Crippen MR) is 86.7 cm³/mol. The van der Waals surface area contributed by atoms with Gasteiger partial charge in [-0.2, -0.15) is 0 Å². The second-order valence-corrected chi connectivity index (χ2v) is 6.37. The van der Waals surface area contributed by atoms with Crippen molar-refractivity contribution in [3.8, 4) is 0 Å². The van der Waals surface area contributed by atoms with Gasteiger partial charge in [-0.3, -0.25) is 4.90 Å². The number of nitrogens with one attached hydrogen (secondary N) is 2. The highest BCUT2D eigenvalue weighted by Crippen LogP contribution is 2.24. The molecule has 1 aromatic rings. The number of benzene rings is 1. The van der Waals surface area contributed by atoms with Crippen molar-refractivity contribution in [1.82, 2.24) is 15.5 Å². The van der Waals surface area contributed by atoms with Gasteiger partial charge in [-0.25, -0.2) is 0 Å². The first kappa shape index (κ1) is 13.8. The van der Waals surface area contributed by atoms with Crippen LogP contribution in [-0.4, -0.2) is 35.2 Å². The lowest BCUT2D eigenvalue weighted by molar-refractivity contribution is 0.258. The summed E-state index contributed by atoms with van der Waals surface area (Å²) in [6, 6.07) is 12.3. The maximum atomic E-state index is 5.36. The second-order valence-electron chi connectivity index (χ2n) is 5.96. The highest BCUT2D eigenvalue weighted by atomic mass is 32.1. The van der Waals surface area contributed by atoms with Crippen LogP contribution in [0.5, 0.6) is 0 Å². The molecular formula is C16H23N3S. The standard InChI is InChI=1S/C16H23N3S/c1-12(13-5-3-2-4-6-13)19-10-9-15(11-19)18-16(20)17-14-7-8-14/h2-6,12,14-15H,7-11H2,1H3,(H2,17,18,20)/t12-,15+/m0/s1. The molecular weight excluding hydrogens is 266 g/mol. The lowest BCUT2D eigenvalue weighted by Gasteiger charge is -2.25. The van der Waals surface area contributed by atoms with E-state index in [0.29, 0.717) is 18.1 Å². The van der Waals surface area contributed by atoms with Gasteiger partial charge in [0.15, 0.2) is 5.11 Å². The van der Waals surface area contributed by atoms with E-state index in [9.17, 15) is 0 Å². The first-order valence-electron chi connectivity index (χ1n) is 7.58. The monoisotopic (exact) mass is 289 g/mol. The minimum atomic E-state index is 0.480. The maximum absolute atomic E-state index is 5.36. The van der Waals surface area contributed by atoms with Gasteiger partial charge in [0.2, 0.25) is 0 Å². The summed E-state index contributed by atoms with van der Waals surface area (Å²) in [5, 5.41) is 7.66. The van der Waals surface area contributed by atoms with E-state index in [-0.39, 0.29) is 0 Å². The molecule has 3 nitrogen and oxygen atoms in total. The first-order valence-corrected chi connectivity index (χ1v) is 7.99. The Hall–Kier alpha value is -1.13. The number of rotatable bonds is 4. The van der Waals surface area contributed by atoms with Crippen LogP contribution >= 0.6 is 12.2 Å². The minimum absolute atomic E-state index is 0.480. The molecule has 0 unspecified atom stereocenters. The van der Waals surface area contributed by atoms with E-state index in [1.54, 1.807) is 0 Å². The predicted octanol–water partition coefficient (Wildman–Crippen LogP) is 2.45. The minimum Gasteiger partial charge on any atom is -0.360 e. The summed E-state index contributed by atoms with van der Waals surface area (Å²) in [6.45, 7) is 4.50. The summed E-state index contributed by atoms with van der Waals surface area (Å²) in [6.07, 6.45) is 3.71. The van der Waals surface area contributed by atoms with Crippen LogP contribution in [0.25, 0.3) is 0 Å². The third-order valence-corrected chi connectivity index (χ3v) is 4.53. The Morgan fingerprint density at radius 2 is 1.85 bits per heavy atom. The molecule has 20 heavy (non-hydrogen) atoms. The first-order chi connectivity index (χ1) is 9.72. The molecule has 4 heteroatoms. The molecule has 2 N–H and O–H groups in total. The topological polar surface area (TPSA) is 27.3 Å². The summed E-state index contributed by atoms with van der Waals surface area (Å²) in [4.78, 5) is 2.53. The Bertz CT molecular complexity index is 458. The summed E-state index contributed by atoms with van der Waals surface area (Å²) in [7, 11) is 0. The fraction of sp³-hybridized carbons (Fsp3) is 0.562. The Balaban J connectivity index is 1.49. The van der Waals surface area contributed by atoms with Crippen molar-refractivity contribution in [3.05, 3.63) is 35.9 Å². The van der Waals surface area contributed by atoms with E-state index in [2.05, 4.69) is 52.8 Å². The van der Waals surface area contributed by atoms with Crippen LogP contribution in [0.4, 0.5) is 0 Å². The lowest BCUT2D eigenvalue weighted by Crippen LogP contribution is -2.44. The van der Waals surface area contributed by atoms with E-state index in [4.69, 9.17) is 12.2 Å². The van der Waals surface area contributed by atoms with E-state index < -0.39 is 0 Å². The normalized spacial score (nSPS) is 24.4. The van der Waals surface area contributed by atoms with Crippen LogP contribution in [0.1, 0.15) is 37.8 Å². The van der Waals surface area contributed by atoms with Gasteiger partial charge in [0.05, 0.1) is 0 Å². The Morgan fingerprint density at radius 1 is 1.15 bits per heavy atom. The van der Waals surface area contributed by atoms with Gasteiger partial charge in [0.25, 0.3) is 0 Å². The molecule has 2 atom stereocenters. The second kappa shape index (κ2) is 6.10. The van der Waals surface area contributed by atoms with Crippen LogP contribution in [-0.2, 0) is 0 Å². The third-order valence-electron chi connectivity index (χ3n) is 4.30. The number of nitrogens with zero attached hydrogens (tertiary/aromatic N) is 1. The zero-order chi connectivity index (χ0) is 13.9. The van der Waals surface area contributed by atoms with Crippen LogP contribution < -0.4 is 10.6 Å². The van der Waals surface area contributed by atoms with Crippen LogP contribution in [0.3, 0.4) is 0 Å². The number of hydrogen-bond donors (Lipinski definition) is 2. The van der Waals surface area contributed by atoms with Crippen LogP contribution in [0, 0.1) is 0 Å². The fourth-order valence-electron chi connectivity index (χ4n) is 2.84. The molecule has 108 valence electrons. The SMILES string of the molecule is C[C@@H](c1ccccc1)N1CC[C@@H](NC(=S)NC2CC2)C1. The largest absolute Gasteiger partial charge is 0.360 e. The van der Waals surface area contributed by atoms with Gasteiger partial charge in [0, 0.05) is 31.2 Å². The van der Waals surface area contributed by atoms with Crippen molar-refractivity contribution in [3.63, 3.8) is 0 Å². The van der Waals surface area contributed by atoms with Crippen LogP contribution in [0.15, 0.2) is 30.3 Å². The lowest BCUT2D eigenvalue weighted by atomic mass is 10.1. The molecule has 2 aliphatic rings. The van der Waals surface area contributed by atoms with Crippen molar-refractivity contribution in [1.29, 1.82) is 0 Å². The average Bonchev–Trinajstić information content (AvgIpc) is 3.15. The summed E-state index contributed by atoms with van der Waals surface area (Å²) in [5.41, 5.74) is 1.40. The Kier molecular flexibility index (Phi) is 4.22. The van der Waals surface area contributed by atoms with Crippen molar-refractivity contribution >= 4 is 17.3 Å². The van der Waals surface area contributed by atoms with E-state index in [0.717, 1.165) is 18.2 Å². The van der Waals surface area contributed by atoms with Gasteiger partial charge >= 0.3 is 0 Å². The van der Waals surface area contributed by atoms with Crippen molar-refractivity contribution < 1.29 is 0 Å². The van der Waals surface area contributed by atoms with E-state index in [1.165, 1.54) is 24.8 Å². The third kappa shape index (κ3) is 3.49. The molecule has 1 aromatic carbocycles. The molecule has 2 fully saturated rings. The number of hydrogen-bond acceptors (Lipinski definition) is 2. The molecule has 0 spiro atoms. The Labute approximate surface area is 126 Å². The zero-order valence-electron chi connectivity index (χ0n) is 12.0. The number of thiocarbonyl (C=S) groups is 1. The quantitative estimate of drug-likeness (QED) is 0.833. The molecule has 3 rings (SSSR count). The smallest absolute Gasteiger partial charge is 0.166 e. The maximum Gasteiger partial charge on any atom is 0.166 e. The van der Waals surface area contributed by atoms with Gasteiger partial charge < -0.3 is 10.6 Å². The van der Waals surface area contributed by atoms with Crippen molar-refractivity contribution in [2.75, 3.05) is 13.1 Å². The highest BCUT2D eigenvalue weighted by molar-refractivity contribution is 7.80. The van der Waals surface area contributed by atoms with Gasteiger partial charge in [0.1, 0.15) is 0 Å². The van der Waals surface area contributed by atoms with Gasteiger partial charge in [-0.05, 0) is 44.0 Å². The van der Waals surface area contributed by atoms with Gasteiger partial charge in [-0.15, -0.1) is 0 Å². The zero-order valence-corrected chi connectivity index (χ0v) is 12.8. The molecule has 0 amide bonds. The molecule has 0 aromatic heterocycles. The van der Waals surface area contributed by atoms with E-state index >= 15 is 0 Å².